The van der Waals surface area contributed by atoms with Gasteiger partial charge in [0.05, 0.1) is 6.08 Å². The molecule has 0 bridgehead atoms. The monoisotopic (exact) mass is 213 g/mol. The molecule has 0 radical (unpaired) electrons. The zero-order valence-corrected chi connectivity index (χ0v) is 8.21. The minimum Gasteiger partial charge on any atom is -0.401 e. The lowest BCUT2D eigenvalue weighted by Crippen LogP contribution is -2.09. The van der Waals surface area contributed by atoms with E-state index in [0.29, 0.717) is 5.75 Å². The van der Waals surface area contributed by atoms with Crippen LogP contribution in [0.15, 0.2) is 42.3 Å². The Morgan fingerprint density at radius 2 is 1.88 bits per heavy atom. The summed E-state index contributed by atoms with van der Waals surface area (Å²) in [6.07, 6.45) is 1.45. The van der Waals surface area contributed by atoms with E-state index in [1.54, 1.807) is 6.07 Å². The Morgan fingerprint density at radius 1 is 1.12 bits per heavy atom. The van der Waals surface area contributed by atoms with Crippen molar-refractivity contribution in [3.05, 3.63) is 58.0 Å². The molecule has 0 aromatic heterocycles. The van der Waals surface area contributed by atoms with E-state index in [1.165, 1.54) is 6.08 Å². The van der Waals surface area contributed by atoms with E-state index in [1.807, 2.05) is 30.3 Å². The number of hydrogen-bond donors (Lipinski definition) is 0. The topological polar surface area (TPSA) is 52.4 Å². The Hall–Kier alpha value is -2.36. The van der Waals surface area contributed by atoms with E-state index in [2.05, 4.69) is 0 Å². The maximum absolute atomic E-state index is 10.7. The van der Waals surface area contributed by atoms with Crippen LogP contribution in [-0.4, -0.2) is 4.92 Å². The van der Waals surface area contributed by atoms with Crippen LogP contribution in [0.2, 0.25) is 0 Å². The van der Waals surface area contributed by atoms with E-state index >= 15 is 0 Å². The molecular formula is C12H7NO3. The Kier molecular flexibility index (Phi) is 1.71. The molecule has 0 spiro atoms. The predicted octanol–water partition coefficient (Wildman–Crippen LogP) is 2.81. The minimum absolute atomic E-state index is 0.230. The van der Waals surface area contributed by atoms with Gasteiger partial charge in [-0.15, -0.1) is 0 Å². The van der Waals surface area contributed by atoms with Crippen molar-refractivity contribution in [2.75, 3.05) is 0 Å². The fraction of sp³-hybridized carbons (Fsp3) is 0. The fourth-order valence-electron chi connectivity index (χ4n) is 1.91. The largest absolute Gasteiger partial charge is 0.434 e. The van der Waals surface area contributed by atoms with Gasteiger partial charge in [-0.1, -0.05) is 30.3 Å². The molecule has 1 aliphatic rings. The van der Waals surface area contributed by atoms with Crippen molar-refractivity contribution >= 4 is 16.8 Å². The van der Waals surface area contributed by atoms with E-state index in [4.69, 9.17) is 4.74 Å². The van der Waals surface area contributed by atoms with Crippen molar-refractivity contribution in [3.8, 4) is 5.75 Å². The molecule has 2 aromatic rings. The van der Waals surface area contributed by atoms with Gasteiger partial charge in [0, 0.05) is 5.39 Å². The van der Waals surface area contributed by atoms with Crippen LogP contribution >= 0.6 is 0 Å². The molecule has 4 heteroatoms. The van der Waals surface area contributed by atoms with Crippen molar-refractivity contribution < 1.29 is 9.66 Å². The molecule has 3 rings (SSSR count). The number of nitrogens with zero attached hydrogens (tertiary/aromatic N) is 1. The second kappa shape index (κ2) is 3.06. The van der Waals surface area contributed by atoms with Crippen LogP contribution in [0, 0.1) is 10.1 Å². The van der Waals surface area contributed by atoms with Crippen molar-refractivity contribution in [2.45, 2.75) is 0 Å². The number of rotatable bonds is 1. The number of hydrogen-bond acceptors (Lipinski definition) is 3. The van der Waals surface area contributed by atoms with Gasteiger partial charge in [0.1, 0.15) is 10.7 Å². The Morgan fingerprint density at radius 3 is 2.62 bits per heavy atom. The van der Waals surface area contributed by atoms with Gasteiger partial charge in [0.25, 0.3) is 0 Å². The summed E-state index contributed by atoms with van der Waals surface area (Å²) >= 11 is 0. The number of ether oxygens (including phenoxy) is 1. The minimum atomic E-state index is -0.519. The summed E-state index contributed by atoms with van der Waals surface area (Å²) in [4.78, 5) is 10.2. The maximum Gasteiger partial charge on any atom is 0.434 e. The first-order chi connectivity index (χ1) is 7.75. The molecule has 0 N–H and O–H groups in total. The summed E-state index contributed by atoms with van der Waals surface area (Å²) in [6, 6.07) is 11.2. The first-order valence-electron chi connectivity index (χ1n) is 4.81. The van der Waals surface area contributed by atoms with Gasteiger partial charge in [-0.2, -0.15) is 0 Å². The van der Waals surface area contributed by atoms with Crippen molar-refractivity contribution in [1.29, 1.82) is 0 Å². The average Bonchev–Trinajstić information content (AvgIpc) is 2.29. The highest BCUT2D eigenvalue weighted by Crippen LogP contribution is 2.34. The average molecular weight is 213 g/mol. The van der Waals surface area contributed by atoms with E-state index in [-0.39, 0.29) is 5.88 Å². The highest BCUT2D eigenvalue weighted by atomic mass is 16.7. The third-order valence-electron chi connectivity index (χ3n) is 2.57. The van der Waals surface area contributed by atoms with E-state index in [0.717, 1.165) is 16.3 Å². The van der Waals surface area contributed by atoms with Crippen LogP contribution < -0.4 is 4.74 Å². The quantitative estimate of drug-likeness (QED) is 0.540. The number of nitro groups is 1. The molecule has 2 aromatic carbocycles. The molecule has 0 amide bonds. The molecule has 0 aliphatic carbocycles. The van der Waals surface area contributed by atoms with Gasteiger partial charge >= 0.3 is 5.88 Å². The normalized spacial score (nSPS) is 13.1. The van der Waals surface area contributed by atoms with Gasteiger partial charge in [0.15, 0.2) is 0 Å². The smallest absolute Gasteiger partial charge is 0.401 e. The number of benzene rings is 2. The Balaban J connectivity index is 2.36. The van der Waals surface area contributed by atoms with Gasteiger partial charge in [-0.05, 0) is 17.0 Å². The first kappa shape index (κ1) is 8.91. The lowest BCUT2D eigenvalue weighted by Gasteiger charge is -2.13. The summed E-state index contributed by atoms with van der Waals surface area (Å²) in [5, 5.41) is 12.6. The van der Waals surface area contributed by atoms with Crippen LogP contribution in [0.1, 0.15) is 5.56 Å². The van der Waals surface area contributed by atoms with Crippen molar-refractivity contribution in [3.63, 3.8) is 0 Å². The summed E-state index contributed by atoms with van der Waals surface area (Å²) in [5.74, 6) is 0.313. The van der Waals surface area contributed by atoms with E-state index in [9.17, 15) is 10.1 Å². The standard InChI is InChI=1S/C12H7NO3/c14-13(15)11-7-9-5-1-3-8-4-2-6-10(16-11)12(8)9/h1-7H. The highest BCUT2D eigenvalue weighted by molar-refractivity contribution is 5.96. The van der Waals surface area contributed by atoms with Crippen molar-refractivity contribution in [2.24, 2.45) is 0 Å². The third-order valence-corrected chi connectivity index (χ3v) is 2.57. The molecule has 0 fully saturated rings. The molecule has 78 valence electrons. The Labute approximate surface area is 90.9 Å². The highest BCUT2D eigenvalue weighted by Gasteiger charge is 2.21. The molecule has 0 unspecified atom stereocenters. The van der Waals surface area contributed by atoms with Crippen LogP contribution in [0.4, 0.5) is 0 Å². The fourth-order valence-corrected chi connectivity index (χ4v) is 1.91. The Bertz CT molecular complexity index is 626. The zero-order valence-electron chi connectivity index (χ0n) is 8.21. The van der Waals surface area contributed by atoms with Crippen LogP contribution in [0.3, 0.4) is 0 Å². The molecule has 0 saturated heterocycles. The van der Waals surface area contributed by atoms with Gasteiger partial charge < -0.3 is 4.74 Å². The SMILES string of the molecule is O=[N+]([O-])C1=Cc2cccc3cccc(c23)O1. The lowest BCUT2D eigenvalue weighted by atomic mass is 10.0. The van der Waals surface area contributed by atoms with Gasteiger partial charge in [-0.25, -0.2) is 0 Å². The summed E-state index contributed by atoms with van der Waals surface area (Å²) in [5.41, 5.74) is 0.825. The van der Waals surface area contributed by atoms with Crippen LogP contribution in [0.25, 0.3) is 16.8 Å². The first-order valence-corrected chi connectivity index (χ1v) is 4.81. The third kappa shape index (κ3) is 1.16. The molecule has 0 saturated carbocycles. The summed E-state index contributed by atoms with van der Waals surface area (Å²) in [7, 11) is 0. The van der Waals surface area contributed by atoms with Gasteiger partial charge in [0.2, 0.25) is 0 Å². The predicted molar refractivity (Wildman–Crippen MR) is 59.5 cm³/mol. The van der Waals surface area contributed by atoms with Gasteiger partial charge in [-0.3, -0.25) is 10.1 Å². The van der Waals surface area contributed by atoms with Crippen molar-refractivity contribution in [1.82, 2.24) is 0 Å². The molecule has 1 heterocycles. The summed E-state index contributed by atoms with van der Waals surface area (Å²) in [6.45, 7) is 0. The maximum atomic E-state index is 10.7. The van der Waals surface area contributed by atoms with Crippen LogP contribution in [-0.2, 0) is 0 Å². The second-order valence-corrected chi connectivity index (χ2v) is 3.54. The van der Waals surface area contributed by atoms with Crippen LogP contribution in [0.5, 0.6) is 5.75 Å². The second-order valence-electron chi connectivity index (χ2n) is 3.54. The molecule has 1 aliphatic heterocycles. The lowest BCUT2D eigenvalue weighted by molar-refractivity contribution is -0.452. The molecule has 16 heavy (non-hydrogen) atoms. The molecule has 0 atom stereocenters. The van der Waals surface area contributed by atoms with E-state index < -0.39 is 4.92 Å². The zero-order chi connectivity index (χ0) is 11.1. The molecular weight excluding hydrogens is 206 g/mol. The molecule has 4 nitrogen and oxygen atoms in total. The summed E-state index contributed by atoms with van der Waals surface area (Å²) < 4.78 is 5.23.